The number of anilines is 2. The molecule has 1 aliphatic rings. The molecule has 0 spiro atoms. The summed E-state index contributed by atoms with van der Waals surface area (Å²) in [6.07, 6.45) is 0. The summed E-state index contributed by atoms with van der Waals surface area (Å²) in [6.45, 7) is 4.93. The third kappa shape index (κ3) is 4.38. The van der Waals surface area contributed by atoms with Crippen molar-refractivity contribution in [3.63, 3.8) is 0 Å². The minimum absolute atomic E-state index is 0.0824. The van der Waals surface area contributed by atoms with Gasteiger partial charge in [0, 0.05) is 46.3 Å². The largest absolute Gasteiger partial charge is 0.366 e. The van der Waals surface area contributed by atoms with Crippen LogP contribution in [0.1, 0.15) is 25.0 Å². The lowest BCUT2D eigenvalue weighted by Crippen LogP contribution is -2.28. The Morgan fingerprint density at radius 2 is 1.91 bits per heavy atom. The molecule has 0 radical (unpaired) electrons. The normalized spacial score (nSPS) is 15.2. The number of halogens is 5. The third-order valence-corrected chi connectivity index (χ3v) is 8.59. The molecule has 2 heterocycles. The van der Waals surface area contributed by atoms with E-state index in [0.717, 1.165) is 34.9 Å². The van der Waals surface area contributed by atoms with Crippen molar-refractivity contribution in [3.05, 3.63) is 61.6 Å². The van der Waals surface area contributed by atoms with E-state index in [0.29, 0.717) is 22.2 Å². The second kappa shape index (κ2) is 8.45. The Labute approximate surface area is 208 Å². The van der Waals surface area contributed by atoms with Gasteiger partial charge in [-0.25, -0.2) is 12.8 Å². The zero-order valence-corrected chi connectivity index (χ0v) is 21.2. The molecule has 4 rings (SSSR count). The zero-order chi connectivity index (χ0) is 23.4. The minimum Gasteiger partial charge on any atom is -0.366 e. The number of aromatic nitrogens is 2. The highest BCUT2D eigenvalue weighted by Crippen LogP contribution is 2.47. The van der Waals surface area contributed by atoms with E-state index in [2.05, 4.69) is 14.1 Å². The second-order valence-corrected chi connectivity index (χ2v) is 11.8. The van der Waals surface area contributed by atoms with Crippen molar-refractivity contribution < 1.29 is 12.8 Å². The smallest absolute Gasteiger partial charge is 0.266 e. The molecule has 0 aliphatic carbocycles. The molecule has 1 aliphatic heterocycles. The molecule has 0 amide bonds. The van der Waals surface area contributed by atoms with Gasteiger partial charge in [0.2, 0.25) is 10.4 Å². The first kappa shape index (κ1) is 23.8. The lowest BCUT2D eigenvalue weighted by Gasteiger charge is -2.23. The van der Waals surface area contributed by atoms with Gasteiger partial charge in [-0.2, -0.15) is 9.36 Å². The molecular formula is C19H15Cl4FN4O2S2. The third-order valence-electron chi connectivity index (χ3n) is 5.05. The highest BCUT2D eigenvalue weighted by Gasteiger charge is 2.38. The van der Waals surface area contributed by atoms with E-state index in [-0.39, 0.29) is 27.4 Å². The molecule has 170 valence electrons. The standard InChI is InChI=1S/C19H15Cl4FN4O2S2/c1-19(2)8-28(13-4-3-10(20)16(22)15(13)19)7-9-5-12(24)14(6-11(9)21)32(29,30)27-18-25-17(23)26-31-18/h3-6H,7-8H2,1-2H3,(H,25,26,27). The maximum atomic E-state index is 14.9. The Morgan fingerprint density at radius 1 is 1.19 bits per heavy atom. The monoisotopic (exact) mass is 554 g/mol. The fourth-order valence-electron chi connectivity index (χ4n) is 3.75. The maximum Gasteiger partial charge on any atom is 0.266 e. The van der Waals surface area contributed by atoms with Crippen LogP contribution in [0.5, 0.6) is 0 Å². The van der Waals surface area contributed by atoms with Crippen molar-refractivity contribution >= 4 is 78.8 Å². The number of sulfonamides is 1. The van der Waals surface area contributed by atoms with Gasteiger partial charge in [0.1, 0.15) is 10.7 Å². The van der Waals surface area contributed by atoms with Crippen molar-refractivity contribution in [2.75, 3.05) is 16.2 Å². The minimum atomic E-state index is -4.28. The second-order valence-electron chi connectivity index (χ2n) is 7.84. The Bertz CT molecular complexity index is 1330. The van der Waals surface area contributed by atoms with E-state index in [4.69, 9.17) is 46.4 Å². The van der Waals surface area contributed by atoms with E-state index in [1.165, 1.54) is 0 Å². The average Bonchev–Trinajstić information content (AvgIpc) is 3.20. The van der Waals surface area contributed by atoms with Crippen LogP contribution in [0.3, 0.4) is 0 Å². The summed E-state index contributed by atoms with van der Waals surface area (Å²) in [7, 11) is -4.28. The average molecular weight is 556 g/mol. The molecule has 0 fully saturated rings. The Hall–Kier alpha value is -1.36. The predicted molar refractivity (Wildman–Crippen MR) is 128 cm³/mol. The summed E-state index contributed by atoms with van der Waals surface area (Å²) in [5, 5.41) is 0.854. The van der Waals surface area contributed by atoms with Crippen molar-refractivity contribution in [3.8, 4) is 0 Å². The van der Waals surface area contributed by atoms with E-state index in [1.54, 1.807) is 6.07 Å². The van der Waals surface area contributed by atoms with Crippen LogP contribution in [-0.2, 0) is 22.0 Å². The van der Waals surface area contributed by atoms with Crippen LogP contribution in [-0.4, -0.2) is 24.3 Å². The molecule has 3 aromatic rings. The van der Waals surface area contributed by atoms with Gasteiger partial charge in [0.25, 0.3) is 10.0 Å². The Morgan fingerprint density at radius 3 is 2.56 bits per heavy atom. The van der Waals surface area contributed by atoms with Crippen molar-refractivity contribution in [2.24, 2.45) is 0 Å². The molecule has 0 unspecified atom stereocenters. The number of nitrogens with zero attached hydrogens (tertiary/aromatic N) is 3. The van der Waals surface area contributed by atoms with Gasteiger partial charge in [-0.05, 0) is 41.4 Å². The van der Waals surface area contributed by atoms with E-state index >= 15 is 0 Å². The topological polar surface area (TPSA) is 75.2 Å². The van der Waals surface area contributed by atoms with Gasteiger partial charge in [-0.1, -0.05) is 48.7 Å². The van der Waals surface area contributed by atoms with Gasteiger partial charge in [0.05, 0.1) is 10.0 Å². The molecule has 0 atom stereocenters. The first-order chi connectivity index (χ1) is 14.9. The summed E-state index contributed by atoms with van der Waals surface area (Å²) in [6, 6.07) is 5.76. The quantitative estimate of drug-likeness (QED) is 0.395. The molecule has 1 aromatic heterocycles. The first-order valence-corrected chi connectivity index (χ1v) is 12.9. The van der Waals surface area contributed by atoms with Crippen LogP contribution < -0.4 is 9.62 Å². The van der Waals surface area contributed by atoms with Crippen LogP contribution in [0.2, 0.25) is 20.4 Å². The molecular weight excluding hydrogens is 541 g/mol. The summed E-state index contributed by atoms with van der Waals surface area (Å²) in [4.78, 5) is 5.11. The Balaban J connectivity index is 1.65. The van der Waals surface area contributed by atoms with E-state index in [9.17, 15) is 12.8 Å². The molecule has 0 saturated heterocycles. The van der Waals surface area contributed by atoms with Gasteiger partial charge < -0.3 is 4.90 Å². The molecule has 1 N–H and O–H groups in total. The van der Waals surface area contributed by atoms with Crippen LogP contribution in [0.4, 0.5) is 15.2 Å². The molecule has 2 aromatic carbocycles. The molecule has 13 heteroatoms. The van der Waals surface area contributed by atoms with Crippen molar-refractivity contribution in [2.45, 2.75) is 30.7 Å². The van der Waals surface area contributed by atoms with Gasteiger partial charge in [0.15, 0.2) is 0 Å². The summed E-state index contributed by atoms with van der Waals surface area (Å²) in [5.74, 6) is -0.944. The fraction of sp³-hybridized carbons (Fsp3) is 0.263. The zero-order valence-electron chi connectivity index (χ0n) is 16.6. The van der Waals surface area contributed by atoms with Crippen molar-refractivity contribution in [1.82, 2.24) is 9.36 Å². The number of hydrogen-bond acceptors (Lipinski definition) is 6. The van der Waals surface area contributed by atoms with Gasteiger partial charge in [-0.15, -0.1) is 0 Å². The van der Waals surface area contributed by atoms with Crippen LogP contribution in [0.25, 0.3) is 0 Å². The molecule has 0 saturated carbocycles. The highest BCUT2D eigenvalue weighted by atomic mass is 35.5. The molecule has 6 nitrogen and oxygen atoms in total. The van der Waals surface area contributed by atoms with Gasteiger partial charge >= 0.3 is 0 Å². The molecule has 0 bridgehead atoms. The SMILES string of the molecule is CC1(C)CN(Cc2cc(F)c(S(=O)(=O)Nc3nc(Cl)ns3)cc2Cl)c2ccc(Cl)c(Cl)c21. The fourth-order valence-corrected chi connectivity index (χ4v) is 6.63. The highest BCUT2D eigenvalue weighted by molar-refractivity contribution is 7.93. The van der Waals surface area contributed by atoms with E-state index < -0.39 is 20.7 Å². The van der Waals surface area contributed by atoms with E-state index in [1.807, 2.05) is 24.8 Å². The summed E-state index contributed by atoms with van der Waals surface area (Å²) < 4.78 is 45.9. The lowest BCUT2D eigenvalue weighted by atomic mass is 9.87. The summed E-state index contributed by atoms with van der Waals surface area (Å²) >= 11 is 25.4. The van der Waals surface area contributed by atoms with Crippen LogP contribution in [0.15, 0.2) is 29.2 Å². The number of nitrogens with one attached hydrogen (secondary N) is 1. The van der Waals surface area contributed by atoms with Crippen molar-refractivity contribution in [1.29, 1.82) is 0 Å². The van der Waals surface area contributed by atoms with Crippen LogP contribution in [0, 0.1) is 5.82 Å². The number of fused-ring (bicyclic) bond motifs is 1. The maximum absolute atomic E-state index is 14.9. The molecule has 32 heavy (non-hydrogen) atoms. The number of hydrogen-bond donors (Lipinski definition) is 1. The van der Waals surface area contributed by atoms with Gasteiger partial charge in [-0.3, -0.25) is 4.72 Å². The van der Waals surface area contributed by atoms with Crippen LogP contribution >= 0.6 is 57.9 Å². The first-order valence-electron chi connectivity index (χ1n) is 9.12. The Kier molecular flexibility index (Phi) is 6.28. The summed E-state index contributed by atoms with van der Waals surface area (Å²) in [5.41, 5.74) is 1.91. The predicted octanol–water partition coefficient (Wildman–Crippen LogP) is 6.39. The number of benzene rings is 2. The lowest BCUT2D eigenvalue weighted by molar-refractivity contribution is 0.548. The number of rotatable bonds is 5.